The number of amides is 2. The van der Waals surface area contributed by atoms with Crippen molar-refractivity contribution in [1.82, 2.24) is 15.6 Å². The summed E-state index contributed by atoms with van der Waals surface area (Å²) in [7, 11) is 0. The predicted octanol–water partition coefficient (Wildman–Crippen LogP) is 5.71. The molecule has 1 atom stereocenters. The molecule has 1 aromatic heterocycles. The van der Waals surface area contributed by atoms with Gasteiger partial charge in [0.2, 0.25) is 11.8 Å². The van der Waals surface area contributed by atoms with Crippen LogP contribution < -0.4 is 20.7 Å². The molecule has 4 N–H and O–H groups in total. The highest BCUT2D eigenvalue weighted by Gasteiger charge is 2.19. The van der Waals surface area contributed by atoms with Crippen molar-refractivity contribution in [2.75, 3.05) is 77.9 Å². The summed E-state index contributed by atoms with van der Waals surface area (Å²) < 4.78 is 28.1. The third-order valence-electron chi connectivity index (χ3n) is 8.38. The molecule has 0 aliphatic carbocycles. The fraction of sp³-hybridized carbons (Fsp3) is 0.429. The van der Waals surface area contributed by atoms with Gasteiger partial charge in [-0.15, -0.1) is 0 Å². The monoisotopic (exact) mass is 758 g/mol. The normalized spacial score (nSPS) is 11.6. The highest BCUT2D eigenvalue weighted by molar-refractivity contribution is 5.98. The van der Waals surface area contributed by atoms with E-state index in [0.717, 1.165) is 46.3 Å². The van der Waals surface area contributed by atoms with Gasteiger partial charge in [-0.25, -0.2) is 4.98 Å². The van der Waals surface area contributed by atoms with E-state index in [4.69, 9.17) is 23.7 Å². The Morgan fingerprint density at radius 3 is 2.13 bits per heavy atom. The average molecular weight is 759 g/mol. The maximum absolute atomic E-state index is 12.8. The lowest BCUT2D eigenvalue weighted by atomic mass is 9.95. The molecule has 13 nitrogen and oxygen atoms in total. The molecule has 0 saturated carbocycles. The topological polar surface area (TPSA) is 167 Å². The summed E-state index contributed by atoms with van der Waals surface area (Å²) in [5.41, 5.74) is 3.56. The standard InChI is InChI=1S/C42H54N4O9/c1-3-17-51-18-19-52-20-21-53-22-23-54-24-25-55-35-27-34-7-4-5-8-36(34)37(28-35)32-10-12-33(13-11-32)38(29-42(49)50)46-41(48)30-45-40(47)9-6-15-43-39-26-31(2)14-16-44-39/h4-5,7-8,10-14,16,26-28,38H,3,6,9,15,17-25,29-30H2,1-2H3,(H,43,44)(H,45,47)(H,46,48)(H,49,50)/t38-/m0/s1. The lowest BCUT2D eigenvalue weighted by Gasteiger charge is -2.19. The van der Waals surface area contributed by atoms with Gasteiger partial charge < -0.3 is 44.7 Å². The highest BCUT2D eigenvalue weighted by Crippen LogP contribution is 2.34. The Hall–Kier alpha value is -5.08. The second-order valence-corrected chi connectivity index (χ2v) is 12.9. The van der Waals surface area contributed by atoms with Crippen LogP contribution in [0, 0.1) is 6.92 Å². The first kappa shape index (κ1) is 42.7. The smallest absolute Gasteiger partial charge is 0.305 e. The van der Waals surface area contributed by atoms with E-state index < -0.39 is 17.9 Å². The van der Waals surface area contributed by atoms with E-state index in [9.17, 15) is 19.5 Å². The summed E-state index contributed by atoms with van der Waals surface area (Å²) in [5, 5.41) is 20.2. The van der Waals surface area contributed by atoms with Crippen LogP contribution in [0.25, 0.3) is 21.9 Å². The first-order chi connectivity index (χ1) is 26.8. The molecule has 0 radical (unpaired) electrons. The van der Waals surface area contributed by atoms with Crippen molar-refractivity contribution in [3.8, 4) is 16.9 Å². The Labute approximate surface area is 323 Å². The third kappa shape index (κ3) is 16.0. The number of hydrogen-bond donors (Lipinski definition) is 4. The number of benzene rings is 3. The quantitative estimate of drug-likeness (QED) is 0.0551. The number of aromatic nitrogens is 1. The van der Waals surface area contributed by atoms with Crippen LogP contribution >= 0.6 is 0 Å². The van der Waals surface area contributed by atoms with Gasteiger partial charge >= 0.3 is 5.97 Å². The van der Waals surface area contributed by atoms with E-state index in [-0.39, 0.29) is 25.3 Å². The van der Waals surface area contributed by atoms with Gasteiger partial charge in [-0.1, -0.05) is 55.5 Å². The number of carbonyl (C=O) groups excluding carboxylic acids is 2. The molecule has 3 aromatic carbocycles. The van der Waals surface area contributed by atoms with Crippen molar-refractivity contribution in [2.24, 2.45) is 0 Å². The number of nitrogens with one attached hydrogen (secondary N) is 3. The predicted molar refractivity (Wildman–Crippen MR) is 211 cm³/mol. The number of fused-ring (bicyclic) bond motifs is 1. The van der Waals surface area contributed by atoms with Crippen molar-refractivity contribution in [1.29, 1.82) is 0 Å². The van der Waals surface area contributed by atoms with Gasteiger partial charge in [0, 0.05) is 25.8 Å². The molecule has 55 heavy (non-hydrogen) atoms. The van der Waals surface area contributed by atoms with Crippen LogP contribution in [-0.4, -0.2) is 100 Å². The molecule has 4 rings (SSSR count). The number of anilines is 1. The summed E-state index contributed by atoms with van der Waals surface area (Å²) in [4.78, 5) is 41.1. The molecule has 0 unspecified atom stereocenters. The Kier molecular flexibility index (Phi) is 18.9. The SMILES string of the molecule is CCCOCCOCCOCCOCCOc1cc(-c2ccc([C@H](CC(=O)O)NC(=O)CNC(=O)CCCNc3cc(C)ccn3)cc2)c2ccccc2c1. The summed E-state index contributed by atoms with van der Waals surface area (Å²) in [5.74, 6) is -0.380. The Morgan fingerprint density at radius 2 is 1.45 bits per heavy atom. The molecule has 0 fully saturated rings. The number of carboxylic acid groups (broad SMARTS) is 1. The van der Waals surface area contributed by atoms with Crippen molar-refractivity contribution in [2.45, 2.75) is 45.6 Å². The maximum Gasteiger partial charge on any atom is 0.305 e. The second kappa shape index (κ2) is 24.4. The third-order valence-corrected chi connectivity index (χ3v) is 8.38. The van der Waals surface area contributed by atoms with Crippen molar-refractivity contribution < 1.29 is 43.2 Å². The van der Waals surface area contributed by atoms with Gasteiger partial charge in [0.1, 0.15) is 18.2 Å². The number of carboxylic acids is 1. The number of ether oxygens (including phenoxy) is 5. The van der Waals surface area contributed by atoms with E-state index in [1.807, 2.05) is 79.7 Å². The molecular formula is C42H54N4O9. The zero-order valence-electron chi connectivity index (χ0n) is 31.8. The maximum atomic E-state index is 12.8. The van der Waals surface area contributed by atoms with Crippen LogP contribution in [0.4, 0.5) is 5.82 Å². The molecule has 13 heteroatoms. The van der Waals surface area contributed by atoms with Crippen molar-refractivity contribution in [3.05, 3.63) is 90.1 Å². The lowest BCUT2D eigenvalue weighted by molar-refractivity contribution is -0.138. The molecule has 0 saturated heterocycles. The lowest BCUT2D eigenvalue weighted by Crippen LogP contribution is -2.39. The van der Waals surface area contributed by atoms with Crippen LogP contribution in [0.1, 0.15) is 49.8 Å². The number of pyridine rings is 1. The fourth-order valence-electron chi connectivity index (χ4n) is 5.66. The first-order valence-electron chi connectivity index (χ1n) is 18.8. The minimum Gasteiger partial charge on any atom is -0.491 e. The Bertz CT molecular complexity index is 1770. The highest BCUT2D eigenvalue weighted by atomic mass is 16.6. The molecule has 296 valence electrons. The van der Waals surface area contributed by atoms with E-state index in [0.29, 0.717) is 77.1 Å². The summed E-state index contributed by atoms with van der Waals surface area (Å²) in [6, 6.07) is 22.4. The molecule has 0 aliphatic heterocycles. The van der Waals surface area contributed by atoms with Crippen LogP contribution in [0.5, 0.6) is 5.75 Å². The van der Waals surface area contributed by atoms with Gasteiger partial charge in [0.15, 0.2) is 0 Å². The van der Waals surface area contributed by atoms with Crippen LogP contribution in [0.2, 0.25) is 0 Å². The van der Waals surface area contributed by atoms with Crippen molar-refractivity contribution in [3.63, 3.8) is 0 Å². The number of aliphatic carboxylic acids is 1. The van der Waals surface area contributed by atoms with Crippen LogP contribution in [0.3, 0.4) is 0 Å². The van der Waals surface area contributed by atoms with Crippen LogP contribution in [0.15, 0.2) is 79.0 Å². The number of aryl methyl sites for hydroxylation is 1. The first-order valence-corrected chi connectivity index (χ1v) is 18.8. The molecule has 1 heterocycles. The largest absolute Gasteiger partial charge is 0.491 e. The molecule has 2 amide bonds. The average Bonchev–Trinajstić information content (AvgIpc) is 3.18. The number of rotatable bonds is 27. The van der Waals surface area contributed by atoms with E-state index in [2.05, 4.69) is 27.9 Å². The van der Waals surface area contributed by atoms with Crippen molar-refractivity contribution >= 4 is 34.4 Å². The summed E-state index contributed by atoms with van der Waals surface area (Å²) >= 11 is 0. The molecular weight excluding hydrogens is 704 g/mol. The number of nitrogens with zero attached hydrogens (tertiary/aromatic N) is 1. The van der Waals surface area contributed by atoms with Gasteiger partial charge in [-0.3, -0.25) is 14.4 Å². The molecule has 4 aromatic rings. The zero-order chi connectivity index (χ0) is 39.1. The zero-order valence-corrected chi connectivity index (χ0v) is 31.8. The van der Waals surface area contributed by atoms with E-state index >= 15 is 0 Å². The summed E-state index contributed by atoms with van der Waals surface area (Å²) in [6.07, 6.45) is 3.18. The van der Waals surface area contributed by atoms with E-state index in [1.165, 1.54) is 0 Å². The second-order valence-electron chi connectivity index (χ2n) is 12.9. The molecule has 0 bridgehead atoms. The summed E-state index contributed by atoms with van der Waals surface area (Å²) in [6.45, 7) is 8.92. The number of hydrogen-bond acceptors (Lipinski definition) is 10. The van der Waals surface area contributed by atoms with Crippen LogP contribution in [-0.2, 0) is 33.3 Å². The molecule has 0 aliphatic rings. The Morgan fingerprint density at radius 1 is 0.782 bits per heavy atom. The van der Waals surface area contributed by atoms with Gasteiger partial charge in [-0.2, -0.15) is 0 Å². The minimum atomic E-state index is -1.06. The van der Waals surface area contributed by atoms with Gasteiger partial charge in [0.25, 0.3) is 0 Å². The van der Waals surface area contributed by atoms with Gasteiger partial charge in [0.05, 0.1) is 65.3 Å². The molecule has 0 spiro atoms. The number of carbonyl (C=O) groups is 3. The Balaban J connectivity index is 1.24. The minimum absolute atomic E-state index is 0.226. The fourth-order valence-corrected chi connectivity index (χ4v) is 5.66. The van der Waals surface area contributed by atoms with Gasteiger partial charge in [-0.05, 0) is 77.1 Å². The van der Waals surface area contributed by atoms with E-state index in [1.54, 1.807) is 6.20 Å².